The fourth-order valence-electron chi connectivity index (χ4n) is 1.34. The number of hydrogen-bond acceptors (Lipinski definition) is 2. The van der Waals surface area contributed by atoms with Gasteiger partial charge in [-0.3, -0.25) is 0 Å². The summed E-state index contributed by atoms with van der Waals surface area (Å²) in [5.41, 5.74) is 5.80. The lowest BCUT2D eigenvalue weighted by Crippen LogP contribution is -2.14. The first-order valence-corrected chi connectivity index (χ1v) is 5.11. The monoisotopic (exact) mass is 251 g/mol. The molecule has 0 aliphatic rings. The van der Waals surface area contributed by atoms with Gasteiger partial charge in [0.15, 0.2) is 11.6 Å². The van der Waals surface area contributed by atoms with Gasteiger partial charge in [0, 0.05) is 0 Å². The van der Waals surface area contributed by atoms with E-state index in [2.05, 4.69) is 0 Å². The van der Waals surface area contributed by atoms with Crippen molar-refractivity contribution in [1.82, 2.24) is 0 Å². The molecule has 1 aromatic rings. The molecule has 0 aliphatic heterocycles. The summed E-state index contributed by atoms with van der Waals surface area (Å²) < 4.78 is 53.9. The Kier molecular flexibility index (Phi) is 4.74. The Hall–Kier alpha value is -1.30. The van der Waals surface area contributed by atoms with Crippen LogP contribution in [-0.2, 0) is 6.42 Å². The molecule has 0 heterocycles. The van der Waals surface area contributed by atoms with Crippen molar-refractivity contribution in [2.75, 3.05) is 13.2 Å². The summed E-state index contributed by atoms with van der Waals surface area (Å²) in [5.74, 6) is -0.805. The Morgan fingerprint density at radius 2 is 1.94 bits per heavy atom. The number of benzene rings is 1. The molecule has 0 saturated carbocycles. The van der Waals surface area contributed by atoms with E-state index in [4.69, 9.17) is 10.5 Å². The maximum absolute atomic E-state index is 13.3. The first kappa shape index (κ1) is 13.8. The second-order valence-corrected chi connectivity index (χ2v) is 3.48. The smallest absolute Gasteiger partial charge is 0.392 e. The average molecular weight is 251 g/mol. The summed E-state index contributed by atoms with van der Waals surface area (Å²) >= 11 is 0. The lowest BCUT2D eigenvalue weighted by Gasteiger charge is -2.12. The molecule has 0 aromatic heterocycles. The number of nitrogens with two attached hydrogens (primary N) is 1. The van der Waals surface area contributed by atoms with E-state index in [0.29, 0.717) is 12.0 Å². The first-order valence-electron chi connectivity index (χ1n) is 5.11. The van der Waals surface area contributed by atoms with Crippen molar-refractivity contribution in [3.63, 3.8) is 0 Å². The third-order valence-electron chi connectivity index (χ3n) is 2.09. The summed E-state index contributed by atoms with van der Waals surface area (Å²) in [6.45, 7) is -0.318. The Labute approximate surface area is 96.4 Å². The Bertz CT molecular complexity index is 365. The zero-order chi connectivity index (χ0) is 12.9. The van der Waals surface area contributed by atoms with Crippen molar-refractivity contribution in [1.29, 1.82) is 0 Å². The van der Waals surface area contributed by atoms with Crippen LogP contribution in [0.3, 0.4) is 0 Å². The van der Waals surface area contributed by atoms with Crippen LogP contribution in [0.15, 0.2) is 18.2 Å². The molecule has 0 unspecified atom stereocenters. The lowest BCUT2D eigenvalue weighted by molar-refractivity contribution is -0.139. The molecular formula is C11H13F4NO. The van der Waals surface area contributed by atoms with E-state index in [-0.39, 0.29) is 12.3 Å². The second kappa shape index (κ2) is 5.86. The summed E-state index contributed by atoms with van der Waals surface area (Å²) in [4.78, 5) is 0. The zero-order valence-corrected chi connectivity index (χ0v) is 9.06. The summed E-state index contributed by atoms with van der Waals surface area (Å²) in [6, 6.07) is 4.19. The number of halogens is 4. The van der Waals surface area contributed by atoms with Gasteiger partial charge in [0.05, 0.1) is 13.0 Å². The van der Waals surface area contributed by atoms with Crippen LogP contribution < -0.4 is 10.5 Å². The molecule has 0 fully saturated rings. The van der Waals surface area contributed by atoms with Gasteiger partial charge in [-0.05, 0) is 24.6 Å². The summed E-state index contributed by atoms with van der Waals surface area (Å²) in [5, 5.41) is 0. The second-order valence-electron chi connectivity index (χ2n) is 3.48. The van der Waals surface area contributed by atoms with E-state index in [1.54, 1.807) is 6.07 Å². The molecule has 1 aromatic carbocycles. The van der Waals surface area contributed by atoms with Crippen LogP contribution in [0.5, 0.6) is 5.75 Å². The van der Waals surface area contributed by atoms with Crippen LogP contribution in [0.1, 0.15) is 12.0 Å². The Morgan fingerprint density at radius 1 is 1.24 bits per heavy atom. The van der Waals surface area contributed by atoms with Crippen molar-refractivity contribution in [2.45, 2.75) is 19.0 Å². The van der Waals surface area contributed by atoms with Crippen LogP contribution in [0.4, 0.5) is 17.6 Å². The highest BCUT2D eigenvalue weighted by Crippen LogP contribution is 2.25. The third-order valence-corrected chi connectivity index (χ3v) is 2.09. The highest BCUT2D eigenvalue weighted by molar-refractivity contribution is 5.35. The topological polar surface area (TPSA) is 35.2 Å². The predicted molar refractivity (Wildman–Crippen MR) is 55.3 cm³/mol. The molecule has 0 aliphatic carbocycles. The molecule has 96 valence electrons. The van der Waals surface area contributed by atoms with Gasteiger partial charge in [-0.1, -0.05) is 12.1 Å². The molecule has 0 amide bonds. The maximum atomic E-state index is 13.3. The largest absolute Gasteiger partial charge is 0.490 e. The standard InChI is InChI=1S/C11H13F4NO/c12-9-3-1-2-8(4-6-16)10(9)17-7-5-11(13,14)15/h1-3H,4-7,16H2. The Balaban J connectivity index is 2.68. The molecule has 2 nitrogen and oxygen atoms in total. The highest BCUT2D eigenvalue weighted by Gasteiger charge is 2.27. The van der Waals surface area contributed by atoms with Crippen molar-refractivity contribution in [3.8, 4) is 5.75 Å². The minimum Gasteiger partial charge on any atom is -0.490 e. The minimum absolute atomic E-state index is 0.137. The molecule has 6 heteroatoms. The number of rotatable bonds is 5. The van der Waals surface area contributed by atoms with E-state index in [0.717, 1.165) is 6.07 Å². The number of ether oxygens (including phenoxy) is 1. The van der Waals surface area contributed by atoms with E-state index in [1.165, 1.54) is 6.07 Å². The van der Waals surface area contributed by atoms with Crippen LogP contribution in [-0.4, -0.2) is 19.3 Å². The SMILES string of the molecule is NCCc1cccc(F)c1OCCC(F)(F)F. The number of hydrogen-bond donors (Lipinski definition) is 1. The number of alkyl halides is 3. The van der Waals surface area contributed by atoms with E-state index < -0.39 is 25.0 Å². The van der Waals surface area contributed by atoms with Gasteiger partial charge in [-0.2, -0.15) is 13.2 Å². The van der Waals surface area contributed by atoms with Gasteiger partial charge in [0.25, 0.3) is 0 Å². The summed E-state index contributed by atoms with van der Waals surface area (Å²) in [6.07, 6.45) is -5.05. The third kappa shape index (κ3) is 4.60. The average Bonchev–Trinajstić information content (AvgIpc) is 2.21. The van der Waals surface area contributed by atoms with E-state index >= 15 is 0 Å². The molecule has 0 spiro atoms. The lowest BCUT2D eigenvalue weighted by atomic mass is 10.1. The van der Waals surface area contributed by atoms with Gasteiger partial charge in [-0.15, -0.1) is 0 Å². The zero-order valence-electron chi connectivity index (χ0n) is 9.06. The van der Waals surface area contributed by atoms with Gasteiger partial charge >= 0.3 is 6.18 Å². The summed E-state index contributed by atoms with van der Waals surface area (Å²) in [7, 11) is 0. The molecule has 0 bridgehead atoms. The minimum atomic E-state index is -4.31. The molecule has 0 saturated heterocycles. The molecule has 1 rings (SSSR count). The van der Waals surface area contributed by atoms with Gasteiger partial charge in [0.1, 0.15) is 0 Å². The van der Waals surface area contributed by atoms with Gasteiger partial charge in [0.2, 0.25) is 0 Å². The van der Waals surface area contributed by atoms with Crippen molar-refractivity contribution >= 4 is 0 Å². The quantitative estimate of drug-likeness (QED) is 0.816. The Morgan fingerprint density at radius 3 is 2.53 bits per heavy atom. The predicted octanol–water partition coefficient (Wildman–Crippen LogP) is 2.66. The molecular weight excluding hydrogens is 238 g/mol. The fourth-order valence-corrected chi connectivity index (χ4v) is 1.34. The van der Waals surface area contributed by atoms with Crippen molar-refractivity contribution in [2.24, 2.45) is 5.73 Å². The maximum Gasteiger partial charge on any atom is 0.392 e. The van der Waals surface area contributed by atoms with Gasteiger partial charge < -0.3 is 10.5 Å². The highest BCUT2D eigenvalue weighted by atomic mass is 19.4. The van der Waals surface area contributed by atoms with Crippen LogP contribution in [0.25, 0.3) is 0 Å². The van der Waals surface area contributed by atoms with Crippen molar-refractivity contribution in [3.05, 3.63) is 29.6 Å². The fraction of sp³-hybridized carbons (Fsp3) is 0.455. The van der Waals surface area contributed by atoms with E-state index in [9.17, 15) is 17.6 Å². The first-order chi connectivity index (χ1) is 7.94. The molecule has 0 atom stereocenters. The normalized spacial score (nSPS) is 11.6. The molecule has 2 N–H and O–H groups in total. The van der Waals surface area contributed by atoms with Crippen LogP contribution in [0, 0.1) is 5.82 Å². The van der Waals surface area contributed by atoms with E-state index in [1.807, 2.05) is 0 Å². The molecule has 0 radical (unpaired) electrons. The van der Waals surface area contributed by atoms with Crippen LogP contribution >= 0.6 is 0 Å². The van der Waals surface area contributed by atoms with Crippen LogP contribution in [0.2, 0.25) is 0 Å². The number of para-hydroxylation sites is 1. The molecule has 17 heavy (non-hydrogen) atoms. The van der Waals surface area contributed by atoms with Gasteiger partial charge in [-0.25, -0.2) is 4.39 Å². The van der Waals surface area contributed by atoms with Crippen molar-refractivity contribution < 1.29 is 22.3 Å².